The highest BCUT2D eigenvalue weighted by molar-refractivity contribution is 7.88. The zero-order valence-electron chi connectivity index (χ0n) is 23.6. The maximum Gasteiger partial charge on any atom is 0.247 e. The van der Waals surface area contributed by atoms with Gasteiger partial charge in [0.2, 0.25) is 21.8 Å². The normalized spacial score (nSPS) is 12.0. The van der Waals surface area contributed by atoms with E-state index in [-0.39, 0.29) is 19.6 Å². The van der Waals surface area contributed by atoms with Gasteiger partial charge >= 0.3 is 0 Å². The van der Waals surface area contributed by atoms with Crippen molar-refractivity contribution in [3.8, 4) is 5.75 Å². The Hall–Kier alpha value is -4.54. The second kappa shape index (κ2) is 14.4. The average Bonchev–Trinajstić information content (AvgIpc) is 3.01. The molecule has 0 aliphatic heterocycles. The van der Waals surface area contributed by atoms with Gasteiger partial charge < -0.3 is 15.0 Å². The molecule has 4 rings (SSSR count). The summed E-state index contributed by atoms with van der Waals surface area (Å²) < 4.78 is 32.0. The third kappa shape index (κ3) is 8.48. The van der Waals surface area contributed by atoms with E-state index in [1.54, 1.807) is 80.2 Å². The van der Waals surface area contributed by atoms with Crippen molar-refractivity contribution in [1.82, 2.24) is 19.5 Å². The number of sulfonamides is 1. The van der Waals surface area contributed by atoms with Gasteiger partial charge in [-0.25, -0.2) is 8.42 Å². The summed E-state index contributed by atoms with van der Waals surface area (Å²) in [6.07, 6.45) is 4.36. The van der Waals surface area contributed by atoms with Gasteiger partial charge in [-0.3, -0.25) is 14.6 Å². The van der Waals surface area contributed by atoms with Crippen LogP contribution in [0.15, 0.2) is 109 Å². The van der Waals surface area contributed by atoms with E-state index in [2.05, 4.69) is 10.3 Å². The summed E-state index contributed by atoms with van der Waals surface area (Å²) in [5.74, 6) is -0.258. The molecular weight excluding hydrogens is 552 g/mol. The van der Waals surface area contributed by atoms with Crippen LogP contribution in [-0.4, -0.2) is 54.3 Å². The predicted molar refractivity (Wildman–Crippen MR) is 161 cm³/mol. The van der Waals surface area contributed by atoms with Crippen LogP contribution in [0.4, 0.5) is 0 Å². The van der Waals surface area contributed by atoms with Crippen LogP contribution in [0, 0.1) is 0 Å². The van der Waals surface area contributed by atoms with Crippen LogP contribution in [0.25, 0.3) is 0 Å². The monoisotopic (exact) mass is 586 g/mol. The minimum absolute atomic E-state index is 0.0199. The van der Waals surface area contributed by atoms with Crippen LogP contribution in [0.5, 0.6) is 5.75 Å². The molecule has 1 atom stereocenters. The number of hydrogen-bond donors (Lipinski definition) is 1. The molecule has 0 radical (unpaired) electrons. The van der Waals surface area contributed by atoms with Gasteiger partial charge in [0.1, 0.15) is 11.8 Å². The fraction of sp³-hybridized carbons (Fsp3) is 0.219. The summed E-state index contributed by atoms with van der Waals surface area (Å²) in [5, 5.41) is 2.95. The lowest BCUT2D eigenvalue weighted by Gasteiger charge is -2.33. The molecular formula is C32H34N4O5S. The van der Waals surface area contributed by atoms with Crippen molar-refractivity contribution in [2.45, 2.75) is 25.7 Å². The molecule has 10 heteroatoms. The van der Waals surface area contributed by atoms with E-state index in [4.69, 9.17) is 4.74 Å². The summed E-state index contributed by atoms with van der Waals surface area (Å²) in [5.41, 5.74) is 2.94. The number of carbonyl (C=O) groups excluding carboxylic acids is 2. The number of nitrogens with zero attached hydrogens (tertiary/aromatic N) is 3. The number of hydrogen-bond acceptors (Lipinski definition) is 6. The largest absolute Gasteiger partial charge is 0.497 e. The lowest BCUT2D eigenvalue weighted by Crippen LogP contribution is -2.47. The van der Waals surface area contributed by atoms with Gasteiger partial charge in [0.05, 0.1) is 19.9 Å². The fourth-order valence-corrected chi connectivity index (χ4v) is 5.19. The Kier molecular flexibility index (Phi) is 10.4. The molecule has 0 aliphatic rings. The van der Waals surface area contributed by atoms with Crippen LogP contribution < -0.4 is 10.1 Å². The molecule has 3 aromatic carbocycles. The first kappa shape index (κ1) is 30.4. The summed E-state index contributed by atoms with van der Waals surface area (Å²) in [4.78, 5) is 33.4. The van der Waals surface area contributed by atoms with Gasteiger partial charge in [0, 0.05) is 32.0 Å². The van der Waals surface area contributed by atoms with Crippen molar-refractivity contribution in [2.24, 2.45) is 0 Å². The minimum Gasteiger partial charge on any atom is -0.497 e. The molecule has 0 spiro atoms. The molecule has 0 aliphatic carbocycles. The van der Waals surface area contributed by atoms with Gasteiger partial charge in [-0.2, -0.15) is 4.31 Å². The molecule has 0 fully saturated rings. The van der Waals surface area contributed by atoms with E-state index in [1.807, 2.05) is 36.4 Å². The highest BCUT2D eigenvalue weighted by Crippen LogP contribution is 2.26. The molecule has 218 valence electrons. The van der Waals surface area contributed by atoms with Crippen molar-refractivity contribution in [2.75, 3.05) is 19.9 Å². The number of pyridine rings is 1. The highest BCUT2D eigenvalue weighted by atomic mass is 32.2. The van der Waals surface area contributed by atoms with Crippen LogP contribution >= 0.6 is 0 Å². The van der Waals surface area contributed by atoms with Crippen LogP contribution in [0.2, 0.25) is 0 Å². The third-order valence-corrected chi connectivity index (χ3v) is 7.90. The van der Waals surface area contributed by atoms with E-state index in [1.165, 1.54) is 4.90 Å². The smallest absolute Gasteiger partial charge is 0.247 e. The predicted octanol–water partition coefficient (Wildman–Crippen LogP) is 3.94. The molecule has 0 saturated heterocycles. The van der Waals surface area contributed by atoms with Gasteiger partial charge in [0.15, 0.2) is 0 Å². The second-order valence-corrected chi connectivity index (χ2v) is 11.8. The first-order valence-electron chi connectivity index (χ1n) is 13.4. The first-order valence-corrected chi connectivity index (χ1v) is 15.2. The van der Waals surface area contributed by atoms with Gasteiger partial charge in [-0.05, 0) is 46.5 Å². The molecule has 42 heavy (non-hydrogen) atoms. The molecule has 1 heterocycles. The van der Waals surface area contributed by atoms with Crippen molar-refractivity contribution >= 4 is 21.8 Å². The summed E-state index contributed by atoms with van der Waals surface area (Å²) in [6, 6.07) is 27.8. The Balaban J connectivity index is 1.70. The second-order valence-electron chi connectivity index (χ2n) is 9.77. The molecule has 0 unspecified atom stereocenters. The number of ether oxygens (including phenoxy) is 1. The number of benzene rings is 3. The summed E-state index contributed by atoms with van der Waals surface area (Å²) >= 11 is 0. The quantitative estimate of drug-likeness (QED) is 0.254. The molecule has 0 saturated carbocycles. The Morgan fingerprint density at radius 2 is 1.40 bits per heavy atom. The van der Waals surface area contributed by atoms with Crippen molar-refractivity contribution in [3.05, 3.63) is 132 Å². The van der Waals surface area contributed by atoms with Gasteiger partial charge in [-0.1, -0.05) is 72.8 Å². The maximum absolute atomic E-state index is 14.1. The zero-order chi connectivity index (χ0) is 30.0. The standard InChI is InChI=1S/C32H34N4O5S/c1-41-29-15-13-27(14-16-29)23-36(30(37)24-35(42(2,39)40)22-26-9-5-3-6-10-26)31(28-11-7-4-8-12-28)32(38)34-21-25-17-19-33-20-18-25/h3-20,31H,21-24H2,1-2H3,(H,34,38)/t31-/m1/s1. The Morgan fingerprint density at radius 1 is 0.810 bits per heavy atom. The van der Waals surface area contributed by atoms with Gasteiger partial charge in [-0.15, -0.1) is 0 Å². The fourth-order valence-electron chi connectivity index (χ4n) is 4.46. The Bertz CT molecular complexity index is 1550. The lowest BCUT2D eigenvalue weighted by molar-refractivity contribution is -0.141. The minimum atomic E-state index is -3.77. The number of nitrogens with one attached hydrogen (secondary N) is 1. The average molecular weight is 587 g/mol. The summed E-state index contributed by atoms with van der Waals surface area (Å²) in [7, 11) is -2.20. The first-order chi connectivity index (χ1) is 20.2. The van der Waals surface area contributed by atoms with E-state index < -0.39 is 34.4 Å². The van der Waals surface area contributed by atoms with Crippen molar-refractivity contribution in [1.29, 1.82) is 0 Å². The molecule has 9 nitrogen and oxygen atoms in total. The Morgan fingerprint density at radius 3 is 2.00 bits per heavy atom. The van der Waals surface area contributed by atoms with Crippen molar-refractivity contribution in [3.63, 3.8) is 0 Å². The van der Waals surface area contributed by atoms with Crippen molar-refractivity contribution < 1.29 is 22.7 Å². The van der Waals surface area contributed by atoms with E-state index >= 15 is 0 Å². The Labute approximate surface area is 246 Å². The van der Waals surface area contributed by atoms with E-state index in [9.17, 15) is 18.0 Å². The molecule has 0 bridgehead atoms. The van der Waals surface area contributed by atoms with E-state index in [0.29, 0.717) is 11.3 Å². The van der Waals surface area contributed by atoms with Gasteiger partial charge in [0.25, 0.3) is 0 Å². The highest BCUT2D eigenvalue weighted by Gasteiger charge is 2.33. The summed E-state index contributed by atoms with van der Waals surface area (Å²) in [6.45, 7) is -0.121. The lowest BCUT2D eigenvalue weighted by atomic mass is 10.0. The number of amides is 2. The van der Waals surface area contributed by atoms with Crippen LogP contribution in [0.3, 0.4) is 0 Å². The number of aromatic nitrogens is 1. The zero-order valence-corrected chi connectivity index (χ0v) is 24.4. The van der Waals surface area contributed by atoms with E-state index in [0.717, 1.165) is 27.3 Å². The molecule has 2 amide bonds. The molecule has 1 aromatic heterocycles. The third-order valence-electron chi connectivity index (χ3n) is 6.71. The number of carbonyl (C=O) groups is 2. The number of rotatable bonds is 13. The number of methoxy groups -OCH3 is 1. The SMILES string of the molecule is COc1ccc(CN(C(=O)CN(Cc2ccccc2)S(C)(=O)=O)[C@@H](C(=O)NCc2ccncc2)c2ccccc2)cc1. The molecule has 4 aromatic rings. The topological polar surface area (TPSA) is 109 Å². The molecule has 1 N–H and O–H groups in total. The maximum atomic E-state index is 14.1. The van der Waals surface area contributed by atoms with Crippen LogP contribution in [0.1, 0.15) is 28.3 Å². The van der Waals surface area contributed by atoms with Crippen LogP contribution in [-0.2, 0) is 39.2 Å².